The average Bonchev–Trinajstić information content (AvgIpc) is 2.68. The molecule has 0 bridgehead atoms. The molecule has 1 aromatic heterocycles. The highest BCUT2D eigenvalue weighted by atomic mass is 15.1. The summed E-state index contributed by atoms with van der Waals surface area (Å²) in [4.78, 5) is 2.15. The lowest BCUT2D eigenvalue weighted by molar-refractivity contribution is 0.387. The monoisotopic (exact) mass is 213 g/mol. The normalized spacial score (nSPS) is 10.9. The number of hydrogen-bond acceptors (Lipinski definition) is 2. The number of aromatic nitrogens is 1. The van der Waals surface area contributed by atoms with Crippen molar-refractivity contribution >= 4 is 10.9 Å². The van der Waals surface area contributed by atoms with Crippen molar-refractivity contribution in [2.75, 3.05) is 20.6 Å². The lowest BCUT2D eigenvalue weighted by Crippen LogP contribution is -2.17. The van der Waals surface area contributed by atoms with Gasteiger partial charge in [0.25, 0.3) is 0 Å². The van der Waals surface area contributed by atoms with Crippen LogP contribution in [0.5, 0.6) is 0 Å². The third-order valence-corrected chi connectivity index (χ3v) is 2.69. The Morgan fingerprint density at radius 2 is 2.12 bits per heavy atom. The fourth-order valence-electron chi connectivity index (χ4n) is 1.76. The molecule has 0 aliphatic heterocycles. The zero-order chi connectivity index (χ0) is 11.5. The molecule has 0 unspecified atom stereocenters. The molecule has 2 aromatic rings. The fourth-order valence-corrected chi connectivity index (χ4v) is 1.76. The van der Waals surface area contributed by atoms with Crippen molar-refractivity contribution in [2.24, 2.45) is 0 Å². The van der Waals surface area contributed by atoms with Crippen LogP contribution < -0.4 is 0 Å². The van der Waals surface area contributed by atoms with Crippen molar-refractivity contribution in [1.29, 1.82) is 5.26 Å². The summed E-state index contributed by atoms with van der Waals surface area (Å²) in [5, 5.41) is 10.1. The number of hydrogen-bond donors (Lipinski definition) is 0. The van der Waals surface area contributed by atoms with Gasteiger partial charge in [0.1, 0.15) is 0 Å². The molecular formula is C13H15N3. The topological polar surface area (TPSA) is 32.0 Å². The second-order valence-electron chi connectivity index (χ2n) is 4.20. The van der Waals surface area contributed by atoms with Crippen LogP contribution >= 0.6 is 0 Å². The van der Waals surface area contributed by atoms with Crippen LogP contribution in [0.4, 0.5) is 0 Å². The molecule has 0 aliphatic rings. The van der Waals surface area contributed by atoms with Crippen molar-refractivity contribution in [2.45, 2.75) is 6.54 Å². The van der Waals surface area contributed by atoms with Crippen molar-refractivity contribution in [3.05, 3.63) is 36.0 Å². The van der Waals surface area contributed by atoms with Crippen molar-refractivity contribution < 1.29 is 0 Å². The van der Waals surface area contributed by atoms with Crippen LogP contribution in [-0.2, 0) is 6.54 Å². The van der Waals surface area contributed by atoms with Gasteiger partial charge in [-0.05, 0) is 37.7 Å². The summed E-state index contributed by atoms with van der Waals surface area (Å²) in [6.45, 7) is 1.95. The van der Waals surface area contributed by atoms with E-state index in [9.17, 15) is 0 Å². The highest BCUT2D eigenvalue weighted by Gasteiger charge is 2.02. The number of benzene rings is 1. The highest BCUT2D eigenvalue weighted by molar-refractivity contribution is 5.81. The van der Waals surface area contributed by atoms with E-state index in [-0.39, 0.29) is 0 Å². The Balaban J connectivity index is 2.35. The second-order valence-corrected chi connectivity index (χ2v) is 4.20. The summed E-state index contributed by atoms with van der Waals surface area (Å²) in [6, 6.07) is 10.1. The van der Waals surface area contributed by atoms with Crippen LogP contribution in [0.1, 0.15) is 5.56 Å². The van der Waals surface area contributed by atoms with Crippen LogP contribution in [0.3, 0.4) is 0 Å². The molecule has 82 valence electrons. The molecule has 0 aliphatic carbocycles. The first kappa shape index (κ1) is 10.7. The Bertz CT molecular complexity index is 532. The van der Waals surface area contributed by atoms with E-state index in [2.05, 4.69) is 41.9 Å². The minimum atomic E-state index is 0.720. The maximum absolute atomic E-state index is 8.88. The Morgan fingerprint density at radius 1 is 1.31 bits per heavy atom. The average molecular weight is 213 g/mol. The van der Waals surface area contributed by atoms with E-state index in [1.807, 2.05) is 18.2 Å². The number of fused-ring (bicyclic) bond motifs is 1. The van der Waals surface area contributed by atoms with Crippen molar-refractivity contribution in [3.63, 3.8) is 0 Å². The van der Waals surface area contributed by atoms with E-state index in [4.69, 9.17) is 5.26 Å². The van der Waals surface area contributed by atoms with E-state index in [1.54, 1.807) is 0 Å². The van der Waals surface area contributed by atoms with E-state index >= 15 is 0 Å². The van der Waals surface area contributed by atoms with Gasteiger partial charge in [0.2, 0.25) is 0 Å². The summed E-state index contributed by atoms with van der Waals surface area (Å²) in [7, 11) is 4.12. The van der Waals surface area contributed by atoms with Crippen molar-refractivity contribution in [1.82, 2.24) is 9.47 Å². The molecular weight excluding hydrogens is 198 g/mol. The molecule has 3 nitrogen and oxygen atoms in total. The van der Waals surface area contributed by atoms with Crippen LogP contribution in [-0.4, -0.2) is 30.1 Å². The number of nitriles is 1. The molecule has 2 rings (SSSR count). The van der Waals surface area contributed by atoms with Crippen LogP contribution in [0.25, 0.3) is 10.9 Å². The smallest absolute Gasteiger partial charge is 0.0992 e. The minimum absolute atomic E-state index is 0.720. The zero-order valence-corrected chi connectivity index (χ0v) is 9.64. The molecule has 0 spiro atoms. The van der Waals surface area contributed by atoms with E-state index in [0.29, 0.717) is 0 Å². The SMILES string of the molecule is CN(C)CCn1ccc2ccc(C#N)cc21. The van der Waals surface area contributed by atoms with Gasteiger partial charge in [0.15, 0.2) is 0 Å². The molecule has 0 radical (unpaired) electrons. The van der Waals surface area contributed by atoms with Gasteiger partial charge in [-0.3, -0.25) is 0 Å². The molecule has 0 atom stereocenters. The maximum Gasteiger partial charge on any atom is 0.0992 e. The quantitative estimate of drug-likeness (QED) is 0.781. The Hall–Kier alpha value is -1.79. The number of rotatable bonds is 3. The maximum atomic E-state index is 8.88. The molecule has 0 saturated carbocycles. The van der Waals surface area contributed by atoms with E-state index in [0.717, 1.165) is 24.2 Å². The first-order valence-corrected chi connectivity index (χ1v) is 5.34. The lowest BCUT2D eigenvalue weighted by Gasteiger charge is -2.11. The van der Waals surface area contributed by atoms with Crippen LogP contribution in [0.2, 0.25) is 0 Å². The Kier molecular flexibility index (Phi) is 2.93. The largest absolute Gasteiger partial charge is 0.346 e. The molecule has 0 amide bonds. The van der Waals surface area contributed by atoms with Gasteiger partial charge in [0.05, 0.1) is 11.6 Å². The molecule has 0 N–H and O–H groups in total. The number of likely N-dealkylation sites (N-methyl/N-ethyl adjacent to an activating group) is 1. The van der Waals surface area contributed by atoms with Gasteiger partial charge in [-0.25, -0.2) is 0 Å². The molecule has 0 fully saturated rings. The third kappa shape index (κ3) is 2.07. The predicted octanol–water partition coefficient (Wildman–Crippen LogP) is 2.07. The standard InChI is InChI=1S/C13H15N3/c1-15(2)7-8-16-6-5-12-4-3-11(10-14)9-13(12)16/h3-6,9H,7-8H2,1-2H3. The van der Waals surface area contributed by atoms with Crippen LogP contribution in [0, 0.1) is 11.3 Å². The Morgan fingerprint density at radius 3 is 2.81 bits per heavy atom. The Labute approximate surface area is 95.5 Å². The summed E-state index contributed by atoms with van der Waals surface area (Å²) in [5.74, 6) is 0. The second kappa shape index (κ2) is 4.38. The van der Waals surface area contributed by atoms with Gasteiger partial charge in [0, 0.05) is 24.8 Å². The first-order chi connectivity index (χ1) is 7.70. The first-order valence-electron chi connectivity index (χ1n) is 5.34. The summed E-state index contributed by atoms with van der Waals surface area (Å²) in [6.07, 6.45) is 2.08. The highest BCUT2D eigenvalue weighted by Crippen LogP contribution is 2.17. The fraction of sp³-hybridized carbons (Fsp3) is 0.308. The van der Waals surface area contributed by atoms with Gasteiger partial charge in [-0.15, -0.1) is 0 Å². The van der Waals surface area contributed by atoms with Gasteiger partial charge in [-0.1, -0.05) is 6.07 Å². The summed E-state index contributed by atoms with van der Waals surface area (Å²) >= 11 is 0. The predicted molar refractivity (Wildman–Crippen MR) is 65.2 cm³/mol. The lowest BCUT2D eigenvalue weighted by atomic mass is 10.2. The van der Waals surface area contributed by atoms with E-state index < -0.39 is 0 Å². The van der Waals surface area contributed by atoms with Gasteiger partial charge in [-0.2, -0.15) is 5.26 Å². The zero-order valence-electron chi connectivity index (χ0n) is 9.64. The molecule has 3 heteroatoms. The van der Waals surface area contributed by atoms with Crippen molar-refractivity contribution in [3.8, 4) is 6.07 Å². The third-order valence-electron chi connectivity index (χ3n) is 2.69. The van der Waals surface area contributed by atoms with Crippen LogP contribution in [0.15, 0.2) is 30.5 Å². The number of nitrogens with zero attached hydrogens (tertiary/aromatic N) is 3. The van der Waals surface area contributed by atoms with Gasteiger partial charge >= 0.3 is 0 Å². The molecule has 1 heterocycles. The molecule has 1 aromatic carbocycles. The molecule has 16 heavy (non-hydrogen) atoms. The minimum Gasteiger partial charge on any atom is -0.346 e. The summed E-state index contributed by atoms with van der Waals surface area (Å²) < 4.78 is 2.19. The van der Waals surface area contributed by atoms with E-state index in [1.165, 1.54) is 5.39 Å². The summed E-state index contributed by atoms with van der Waals surface area (Å²) in [5.41, 5.74) is 1.86. The van der Waals surface area contributed by atoms with Gasteiger partial charge < -0.3 is 9.47 Å². The molecule has 0 saturated heterocycles.